The second-order valence-electron chi connectivity index (χ2n) is 9.48. The fraction of sp³-hybridized carbons (Fsp3) is 0.276. The number of likely N-dealkylation sites (tertiary alicyclic amines) is 1. The molecule has 196 valence electrons. The Hall–Kier alpha value is -3.72. The molecule has 3 amide bonds. The fourth-order valence-electron chi connectivity index (χ4n) is 4.89. The lowest BCUT2D eigenvalue weighted by Crippen LogP contribution is -2.51. The summed E-state index contributed by atoms with van der Waals surface area (Å²) in [5.74, 6) is -0.421. The van der Waals surface area contributed by atoms with E-state index in [1.54, 1.807) is 29.2 Å². The topological polar surface area (TPSA) is 97.3 Å². The minimum absolute atomic E-state index is 0.0842. The summed E-state index contributed by atoms with van der Waals surface area (Å²) in [7, 11) is 0. The number of halogens is 1. The number of urea groups is 1. The van der Waals surface area contributed by atoms with Gasteiger partial charge in [-0.05, 0) is 56.3 Å². The highest BCUT2D eigenvalue weighted by molar-refractivity contribution is 6.30. The molecule has 2 aliphatic rings. The molecule has 2 aliphatic heterocycles. The van der Waals surface area contributed by atoms with Crippen LogP contribution in [0.25, 0.3) is 0 Å². The van der Waals surface area contributed by atoms with Crippen molar-refractivity contribution in [2.24, 2.45) is 4.99 Å². The summed E-state index contributed by atoms with van der Waals surface area (Å²) in [6.45, 7) is 2.45. The number of fused-ring (bicyclic) bond motifs is 1. The van der Waals surface area contributed by atoms with Gasteiger partial charge in [0, 0.05) is 28.4 Å². The van der Waals surface area contributed by atoms with Crippen LogP contribution >= 0.6 is 11.6 Å². The molecular formula is C29H30ClN5O3. The van der Waals surface area contributed by atoms with Crippen LogP contribution in [0.15, 0.2) is 83.9 Å². The van der Waals surface area contributed by atoms with E-state index in [2.05, 4.69) is 15.5 Å². The van der Waals surface area contributed by atoms with Crippen molar-refractivity contribution >= 4 is 40.6 Å². The molecule has 0 spiro atoms. The monoisotopic (exact) mass is 531 g/mol. The van der Waals surface area contributed by atoms with Gasteiger partial charge in [0.1, 0.15) is 0 Å². The van der Waals surface area contributed by atoms with Gasteiger partial charge in [-0.1, -0.05) is 60.1 Å². The van der Waals surface area contributed by atoms with Crippen molar-refractivity contribution in [1.29, 1.82) is 0 Å². The first-order chi connectivity index (χ1) is 18.5. The molecule has 0 saturated carbocycles. The van der Waals surface area contributed by atoms with Crippen LogP contribution in [0.2, 0.25) is 5.02 Å². The number of hydrogen-bond acceptors (Lipinski definition) is 5. The summed E-state index contributed by atoms with van der Waals surface area (Å²) < 4.78 is 0. The summed E-state index contributed by atoms with van der Waals surface area (Å²) in [4.78, 5) is 35.4. The minimum Gasteiger partial charge on any atom is -0.390 e. The van der Waals surface area contributed by atoms with E-state index in [4.69, 9.17) is 16.6 Å². The number of nitrogens with zero attached hydrogens (tertiary/aromatic N) is 3. The van der Waals surface area contributed by atoms with Gasteiger partial charge >= 0.3 is 6.03 Å². The molecular weight excluding hydrogens is 502 g/mol. The average Bonchev–Trinajstić information content (AvgIpc) is 3.40. The van der Waals surface area contributed by atoms with Crippen molar-refractivity contribution in [1.82, 2.24) is 10.2 Å². The highest BCUT2D eigenvalue weighted by Crippen LogP contribution is 2.28. The quantitative estimate of drug-likeness (QED) is 0.427. The first-order valence-electron chi connectivity index (χ1n) is 12.8. The first-order valence-corrected chi connectivity index (χ1v) is 13.1. The third-order valence-corrected chi connectivity index (χ3v) is 6.94. The molecule has 0 aliphatic carbocycles. The molecule has 5 rings (SSSR count). The number of para-hydroxylation sites is 1. The van der Waals surface area contributed by atoms with E-state index in [0.29, 0.717) is 28.7 Å². The number of carbonyl (C=O) groups excluding carboxylic acids is 2. The van der Waals surface area contributed by atoms with Gasteiger partial charge in [-0.25, -0.2) is 9.79 Å². The number of benzodiazepines with no additional fused rings is 1. The van der Waals surface area contributed by atoms with Gasteiger partial charge in [0.2, 0.25) is 6.17 Å². The molecule has 1 fully saturated rings. The molecule has 8 nitrogen and oxygen atoms in total. The maximum Gasteiger partial charge on any atom is 0.321 e. The summed E-state index contributed by atoms with van der Waals surface area (Å²) in [5, 5.41) is 17.0. The van der Waals surface area contributed by atoms with Crippen LogP contribution < -0.4 is 15.5 Å². The Labute approximate surface area is 226 Å². The lowest BCUT2D eigenvalue weighted by Gasteiger charge is -2.29. The number of carbonyl (C=O) groups is 2. The number of aliphatic hydroxyl groups is 1. The summed E-state index contributed by atoms with van der Waals surface area (Å²) in [6.07, 6.45) is 0.262. The number of aliphatic hydroxyl groups excluding tert-OH is 1. The average molecular weight is 532 g/mol. The van der Waals surface area contributed by atoms with Gasteiger partial charge in [-0.15, -0.1) is 0 Å². The van der Waals surface area contributed by atoms with Crippen LogP contribution in [0, 0.1) is 0 Å². The lowest BCUT2D eigenvalue weighted by molar-refractivity contribution is -0.120. The summed E-state index contributed by atoms with van der Waals surface area (Å²) in [5.41, 5.74) is 3.33. The number of anilines is 2. The number of nitrogens with one attached hydrogen (secondary N) is 2. The maximum absolute atomic E-state index is 13.9. The zero-order valence-electron chi connectivity index (χ0n) is 20.9. The summed E-state index contributed by atoms with van der Waals surface area (Å²) in [6, 6.07) is 23.2. The van der Waals surface area contributed by atoms with E-state index in [-0.39, 0.29) is 6.54 Å². The van der Waals surface area contributed by atoms with E-state index in [1.807, 2.05) is 54.6 Å². The standard InChI is InChI=1S/C29H30ClN5O3/c30-21-12-14-22(15-13-21)31-29(38)33-27-28(37)35(19-23(36)18-34-16-6-7-17-34)25-11-5-4-10-24(25)26(32-27)20-8-2-1-3-9-20/h1-5,8-15,23,27,36H,6-7,16-19H2,(H2,31,33,38). The third-order valence-electron chi connectivity index (χ3n) is 6.69. The summed E-state index contributed by atoms with van der Waals surface area (Å²) >= 11 is 5.95. The molecule has 3 N–H and O–H groups in total. The van der Waals surface area contributed by atoms with Gasteiger partial charge < -0.3 is 25.5 Å². The number of rotatable bonds is 7. The second-order valence-corrected chi connectivity index (χ2v) is 9.92. The minimum atomic E-state index is -1.20. The third kappa shape index (κ3) is 6.05. The molecule has 2 heterocycles. The van der Waals surface area contributed by atoms with Crippen molar-refractivity contribution in [3.05, 3.63) is 95.0 Å². The van der Waals surface area contributed by atoms with Gasteiger partial charge in [0.15, 0.2) is 0 Å². The van der Waals surface area contributed by atoms with Gasteiger partial charge in [0.25, 0.3) is 5.91 Å². The van der Waals surface area contributed by atoms with Gasteiger partial charge in [-0.2, -0.15) is 0 Å². The first kappa shape index (κ1) is 25.9. The number of aliphatic imine (C=N–C) groups is 1. The molecule has 1 saturated heterocycles. The van der Waals surface area contributed by atoms with Crippen LogP contribution in [0.5, 0.6) is 0 Å². The van der Waals surface area contributed by atoms with Crippen LogP contribution in [0.4, 0.5) is 16.2 Å². The van der Waals surface area contributed by atoms with Crippen molar-refractivity contribution < 1.29 is 14.7 Å². The van der Waals surface area contributed by atoms with E-state index in [0.717, 1.165) is 37.1 Å². The molecule has 2 atom stereocenters. The molecule has 0 bridgehead atoms. The van der Waals surface area contributed by atoms with Crippen LogP contribution in [0.1, 0.15) is 24.0 Å². The van der Waals surface area contributed by atoms with Crippen molar-refractivity contribution in [3.63, 3.8) is 0 Å². The number of amides is 3. The Bertz CT molecular complexity index is 1310. The van der Waals surface area contributed by atoms with E-state index < -0.39 is 24.2 Å². The molecule has 0 aromatic heterocycles. The predicted octanol–water partition coefficient (Wildman–Crippen LogP) is 4.13. The predicted molar refractivity (Wildman–Crippen MR) is 150 cm³/mol. The van der Waals surface area contributed by atoms with Crippen LogP contribution in [-0.2, 0) is 4.79 Å². The second kappa shape index (κ2) is 11.8. The molecule has 3 aromatic carbocycles. The van der Waals surface area contributed by atoms with Gasteiger partial charge in [-0.3, -0.25) is 4.79 Å². The fourth-order valence-corrected chi connectivity index (χ4v) is 5.02. The smallest absolute Gasteiger partial charge is 0.321 e. The number of benzene rings is 3. The largest absolute Gasteiger partial charge is 0.390 e. The Morgan fingerprint density at radius 3 is 2.39 bits per heavy atom. The number of hydrogen-bond donors (Lipinski definition) is 3. The van der Waals surface area contributed by atoms with Crippen molar-refractivity contribution in [2.45, 2.75) is 25.1 Å². The molecule has 0 radical (unpaired) electrons. The maximum atomic E-state index is 13.9. The van der Waals surface area contributed by atoms with E-state index in [9.17, 15) is 14.7 Å². The SMILES string of the molecule is O=C(Nc1ccc(Cl)cc1)NC1N=C(c2ccccc2)c2ccccc2N(CC(O)CN2CCCC2)C1=O. The normalized spacial score (nSPS) is 18.4. The van der Waals surface area contributed by atoms with Crippen molar-refractivity contribution in [3.8, 4) is 0 Å². The highest BCUT2D eigenvalue weighted by Gasteiger charge is 2.34. The zero-order chi connectivity index (χ0) is 26.5. The molecule has 3 aromatic rings. The zero-order valence-corrected chi connectivity index (χ0v) is 21.6. The molecule has 9 heteroatoms. The van der Waals surface area contributed by atoms with E-state index >= 15 is 0 Å². The van der Waals surface area contributed by atoms with Crippen LogP contribution in [0.3, 0.4) is 0 Å². The Kier molecular flexibility index (Phi) is 8.03. The highest BCUT2D eigenvalue weighted by atomic mass is 35.5. The molecule has 38 heavy (non-hydrogen) atoms. The Morgan fingerprint density at radius 1 is 0.974 bits per heavy atom. The van der Waals surface area contributed by atoms with E-state index in [1.165, 1.54) is 0 Å². The van der Waals surface area contributed by atoms with Crippen LogP contribution in [-0.4, -0.2) is 66.1 Å². The Morgan fingerprint density at radius 2 is 1.66 bits per heavy atom. The lowest BCUT2D eigenvalue weighted by atomic mass is 10.00. The van der Waals surface area contributed by atoms with Gasteiger partial charge in [0.05, 0.1) is 24.0 Å². The molecule has 2 unspecified atom stereocenters. The van der Waals surface area contributed by atoms with Crippen molar-refractivity contribution in [2.75, 3.05) is 36.4 Å². The Balaban J connectivity index is 1.47. The number of β-amino-alcohol motifs (C(OH)–C–C–N with tert-alkyl or cyclic N) is 1.